The molecule has 0 bridgehead atoms. The maximum atomic E-state index is 14.9. The molecule has 0 saturated carbocycles. The number of hydrogen-bond acceptors (Lipinski definition) is 9. The van der Waals surface area contributed by atoms with E-state index in [2.05, 4.69) is 20.0 Å². The summed E-state index contributed by atoms with van der Waals surface area (Å²) >= 11 is -0.966. The van der Waals surface area contributed by atoms with Gasteiger partial charge in [-0.15, -0.1) is 0 Å². The van der Waals surface area contributed by atoms with Gasteiger partial charge in [-0.2, -0.15) is 14.6 Å². The summed E-state index contributed by atoms with van der Waals surface area (Å²) in [4.78, 5) is 27.7. The second kappa shape index (κ2) is 11.1. The third-order valence-electron chi connectivity index (χ3n) is 8.08. The van der Waals surface area contributed by atoms with Crippen LogP contribution in [-0.4, -0.2) is 102 Å². The highest BCUT2D eigenvalue weighted by Crippen LogP contribution is 2.28. The SMILES string of the molecule is Nc1nc2c(ncn2CCN2CCN(c3cc(C(=O)N4CC[S+]([O-])CC4)c(F)cc3F)CC2)c2cc(-c3ccco3)nn12. The Kier molecular flexibility index (Phi) is 7.15. The molecule has 5 aromatic rings. The van der Waals surface area contributed by atoms with Crippen molar-refractivity contribution in [1.82, 2.24) is 33.9 Å². The van der Waals surface area contributed by atoms with Gasteiger partial charge in [0.25, 0.3) is 5.91 Å². The van der Waals surface area contributed by atoms with Crippen molar-refractivity contribution in [3.05, 3.63) is 60.1 Å². The van der Waals surface area contributed by atoms with Gasteiger partial charge in [0.2, 0.25) is 5.95 Å². The Morgan fingerprint density at radius 2 is 1.84 bits per heavy atom. The Labute approximate surface area is 247 Å². The third-order valence-corrected chi connectivity index (χ3v) is 9.35. The molecule has 0 aliphatic carbocycles. The van der Waals surface area contributed by atoms with Crippen molar-refractivity contribution in [2.45, 2.75) is 6.54 Å². The van der Waals surface area contributed by atoms with Gasteiger partial charge in [0.1, 0.15) is 39.9 Å². The van der Waals surface area contributed by atoms with Gasteiger partial charge in [-0.25, -0.2) is 13.8 Å². The van der Waals surface area contributed by atoms with Crippen LogP contribution in [-0.2, 0) is 17.7 Å². The fourth-order valence-electron chi connectivity index (χ4n) is 5.68. The molecule has 43 heavy (non-hydrogen) atoms. The third kappa shape index (κ3) is 5.17. The summed E-state index contributed by atoms with van der Waals surface area (Å²) in [6.45, 7) is 4.24. The summed E-state index contributed by atoms with van der Waals surface area (Å²) in [5.74, 6) is -0.489. The van der Waals surface area contributed by atoms with Gasteiger partial charge >= 0.3 is 0 Å². The molecule has 0 radical (unpaired) electrons. The number of carbonyl (C=O) groups excluding carboxylic acids is 1. The lowest BCUT2D eigenvalue weighted by Crippen LogP contribution is -2.47. The fourth-order valence-corrected chi connectivity index (χ4v) is 6.73. The monoisotopic (exact) mass is 609 g/mol. The van der Waals surface area contributed by atoms with Crippen molar-refractivity contribution in [3.8, 4) is 11.5 Å². The number of amides is 1. The van der Waals surface area contributed by atoms with E-state index in [0.717, 1.165) is 11.6 Å². The quantitative estimate of drug-likeness (QED) is 0.287. The number of rotatable bonds is 6. The largest absolute Gasteiger partial charge is 0.616 e. The van der Waals surface area contributed by atoms with Gasteiger partial charge in [0, 0.05) is 45.3 Å². The minimum absolute atomic E-state index is 0.158. The lowest BCUT2D eigenvalue weighted by atomic mass is 10.1. The number of carbonyl (C=O) groups is 1. The van der Waals surface area contributed by atoms with Crippen molar-refractivity contribution in [1.29, 1.82) is 0 Å². The van der Waals surface area contributed by atoms with Crippen LogP contribution in [0.3, 0.4) is 0 Å². The number of hydrogen-bond donors (Lipinski definition) is 1. The maximum Gasteiger partial charge on any atom is 0.257 e. The number of nitrogens with zero attached hydrogens (tertiary/aromatic N) is 8. The second-order valence-corrected chi connectivity index (χ2v) is 12.3. The number of aromatic nitrogens is 5. The van der Waals surface area contributed by atoms with Crippen LogP contribution in [0.25, 0.3) is 28.1 Å². The van der Waals surface area contributed by atoms with Crippen molar-refractivity contribution < 1.29 is 22.5 Å². The van der Waals surface area contributed by atoms with Crippen molar-refractivity contribution in [2.75, 3.05) is 68.0 Å². The Hall–Kier alpha value is -4.21. The zero-order chi connectivity index (χ0) is 29.7. The van der Waals surface area contributed by atoms with Crippen molar-refractivity contribution >= 4 is 45.4 Å². The zero-order valence-electron chi connectivity index (χ0n) is 23.2. The molecular weight excluding hydrogens is 580 g/mol. The number of benzene rings is 1. The number of anilines is 2. The molecule has 2 aliphatic heterocycles. The first-order chi connectivity index (χ1) is 20.9. The molecule has 2 aliphatic rings. The first-order valence-corrected chi connectivity index (χ1v) is 15.5. The smallest absolute Gasteiger partial charge is 0.257 e. The number of furan rings is 1. The lowest BCUT2D eigenvalue weighted by Gasteiger charge is -2.36. The van der Waals surface area contributed by atoms with Gasteiger partial charge < -0.3 is 29.1 Å². The number of piperazine rings is 1. The molecular formula is C28H29F2N9O3S. The minimum Gasteiger partial charge on any atom is -0.616 e. The molecule has 224 valence electrons. The van der Waals surface area contributed by atoms with Crippen LogP contribution < -0.4 is 10.6 Å². The highest BCUT2D eigenvalue weighted by Gasteiger charge is 2.29. The van der Waals surface area contributed by atoms with E-state index in [1.165, 1.54) is 11.0 Å². The van der Waals surface area contributed by atoms with Crippen LogP contribution in [0, 0.1) is 11.6 Å². The van der Waals surface area contributed by atoms with Gasteiger partial charge in [0.15, 0.2) is 11.4 Å². The molecule has 0 spiro atoms. The van der Waals surface area contributed by atoms with E-state index in [-0.39, 0.29) is 17.2 Å². The predicted octanol–water partition coefficient (Wildman–Crippen LogP) is 2.23. The second-order valence-electron chi connectivity index (χ2n) is 10.6. The molecule has 1 amide bonds. The van der Waals surface area contributed by atoms with Crippen LogP contribution in [0.2, 0.25) is 0 Å². The molecule has 2 saturated heterocycles. The summed E-state index contributed by atoms with van der Waals surface area (Å²) < 4.78 is 50.2. The van der Waals surface area contributed by atoms with E-state index in [0.29, 0.717) is 86.5 Å². The van der Waals surface area contributed by atoms with Gasteiger partial charge in [0.05, 0.1) is 36.9 Å². The number of nitrogen functional groups attached to an aromatic ring is 1. The molecule has 4 aromatic heterocycles. The highest BCUT2D eigenvalue weighted by atomic mass is 32.2. The summed E-state index contributed by atoms with van der Waals surface area (Å²) in [5.41, 5.74) is 8.99. The molecule has 12 nitrogen and oxygen atoms in total. The topological polar surface area (TPSA) is 137 Å². The Morgan fingerprint density at radius 1 is 1.05 bits per heavy atom. The molecule has 0 atom stereocenters. The average molecular weight is 610 g/mol. The van der Waals surface area contributed by atoms with Crippen molar-refractivity contribution in [3.63, 3.8) is 0 Å². The Bertz CT molecular complexity index is 1790. The minimum atomic E-state index is -0.966. The molecule has 15 heteroatoms. The Morgan fingerprint density at radius 3 is 2.58 bits per heavy atom. The van der Waals surface area contributed by atoms with E-state index in [4.69, 9.17) is 10.2 Å². The predicted molar refractivity (Wildman–Crippen MR) is 157 cm³/mol. The van der Waals surface area contributed by atoms with Gasteiger partial charge in [-0.1, -0.05) is 11.2 Å². The number of imidazole rings is 1. The Balaban J connectivity index is 1.02. The van der Waals surface area contributed by atoms with E-state index < -0.39 is 28.7 Å². The van der Waals surface area contributed by atoms with E-state index in [1.54, 1.807) is 23.2 Å². The summed E-state index contributed by atoms with van der Waals surface area (Å²) in [5, 5.41) is 4.51. The van der Waals surface area contributed by atoms with Crippen LogP contribution in [0.1, 0.15) is 10.4 Å². The first kappa shape index (κ1) is 27.6. The standard InChI is InChI=1S/C28H29F2N9O3S/c29-19-15-20(30)22(14-18(19)27(40)37-9-12-43(41)13-10-37)36-6-3-35(4-7-36)5-8-38-17-32-25-23-16-21(24-2-1-11-42-24)34-39(23)28(31)33-26(25)38/h1-2,11,14-17H,3-10,12-13H2,(H2,31,33). The fraction of sp³-hybridized carbons (Fsp3) is 0.357. The van der Waals surface area contributed by atoms with E-state index in [1.807, 2.05) is 21.6 Å². The van der Waals surface area contributed by atoms with Crippen LogP contribution >= 0.6 is 0 Å². The molecule has 2 fully saturated rings. The van der Waals surface area contributed by atoms with Gasteiger partial charge in [-0.05, 0) is 24.3 Å². The first-order valence-electron chi connectivity index (χ1n) is 14.0. The van der Waals surface area contributed by atoms with Crippen LogP contribution in [0.5, 0.6) is 0 Å². The van der Waals surface area contributed by atoms with E-state index >= 15 is 0 Å². The number of fused-ring (bicyclic) bond motifs is 3. The summed E-state index contributed by atoms with van der Waals surface area (Å²) in [6.07, 6.45) is 3.32. The normalized spacial score (nSPS) is 17.0. The zero-order valence-corrected chi connectivity index (χ0v) is 24.0. The van der Waals surface area contributed by atoms with Gasteiger partial charge in [-0.3, -0.25) is 9.69 Å². The molecule has 0 unspecified atom stereocenters. The highest BCUT2D eigenvalue weighted by molar-refractivity contribution is 7.91. The van der Waals surface area contributed by atoms with E-state index in [9.17, 15) is 18.1 Å². The number of halogens is 2. The summed E-state index contributed by atoms with van der Waals surface area (Å²) in [6, 6.07) is 7.59. The maximum absolute atomic E-state index is 14.9. The lowest BCUT2D eigenvalue weighted by molar-refractivity contribution is 0.0765. The number of nitrogens with two attached hydrogens (primary N) is 1. The molecule has 7 rings (SSSR count). The molecule has 2 N–H and O–H groups in total. The van der Waals surface area contributed by atoms with Crippen molar-refractivity contribution in [2.24, 2.45) is 0 Å². The van der Waals surface area contributed by atoms with Crippen LogP contribution in [0.15, 0.2) is 47.3 Å². The average Bonchev–Trinajstić information content (AvgIpc) is 3.77. The molecule has 6 heterocycles. The molecule has 1 aromatic carbocycles. The summed E-state index contributed by atoms with van der Waals surface area (Å²) in [7, 11) is 0. The van der Waals surface area contributed by atoms with Crippen LogP contribution in [0.4, 0.5) is 20.4 Å².